The molecule has 0 unspecified atom stereocenters. The number of hydrogen-bond acceptors (Lipinski definition) is 3. The molecule has 0 amide bonds. The highest BCUT2D eigenvalue weighted by Gasteiger charge is 2.23. The van der Waals surface area contributed by atoms with E-state index in [-0.39, 0.29) is 6.79 Å². The van der Waals surface area contributed by atoms with Crippen LogP contribution in [0.15, 0.2) is 60.8 Å². The number of hydrogen-bond donors (Lipinski definition) is 0. The smallest absolute Gasteiger partial charge is 0.296 e. The minimum atomic E-state index is 0.274. The normalized spacial score (nSPS) is 13.6. The van der Waals surface area contributed by atoms with Gasteiger partial charge in [0.2, 0.25) is 12.3 Å². The van der Waals surface area contributed by atoms with Gasteiger partial charge in [-0.25, -0.2) is 4.57 Å². The maximum absolute atomic E-state index is 5.61. The first-order valence-corrected chi connectivity index (χ1v) is 10.4. The van der Waals surface area contributed by atoms with Crippen molar-refractivity contribution in [1.29, 1.82) is 0 Å². The van der Waals surface area contributed by atoms with Gasteiger partial charge in [-0.15, -0.1) is 0 Å². The Hall–Kier alpha value is -3.86. The van der Waals surface area contributed by atoms with Crippen LogP contribution < -0.4 is 19.3 Å². The third kappa shape index (κ3) is 2.63. The van der Waals surface area contributed by atoms with Crippen molar-refractivity contribution in [1.82, 2.24) is 9.38 Å². The van der Waals surface area contributed by atoms with Gasteiger partial charge in [-0.3, -0.25) is 0 Å². The van der Waals surface area contributed by atoms with Crippen molar-refractivity contribution >= 4 is 22.6 Å². The topological polar surface area (TPSA) is 39.6 Å². The molecule has 1 aliphatic rings. The average molecular weight is 408 g/mol. The lowest BCUT2D eigenvalue weighted by atomic mass is 10.0. The van der Waals surface area contributed by atoms with Crippen molar-refractivity contribution in [2.45, 2.75) is 13.8 Å². The van der Waals surface area contributed by atoms with E-state index in [9.17, 15) is 0 Å². The molecule has 1 aliphatic heterocycles. The van der Waals surface area contributed by atoms with Crippen molar-refractivity contribution in [2.75, 3.05) is 6.79 Å². The van der Waals surface area contributed by atoms with E-state index in [1.54, 1.807) is 0 Å². The van der Waals surface area contributed by atoms with Crippen LogP contribution in [-0.2, 0) is 7.05 Å². The first kappa shape index (κ1) is 18.0. The standard InChI is InChI=1S/C26H22N3O2/c1-16-24(19-7-5-4-6-8-19)20(13-18-9-10-22-23(14-18)31-15-30-22)26-25-21(11-12-29(16)26)28(3)17(2)27-25/h4-14H,15H2,1-3H3/q+1/b20-13+. The van der Waals surface area contributed by atoms with Crippen molar-refractivity contribution in [3.8, 4) is 22.6 Å². The fraction of sp³-hybridized carbons (Fsp3) is 0.154. The third-order valence-electron chi connectivity index (χ3n) is 6.23. The zero-order valence-corrected chi connectivity index (χ0v) is 17.7. The van der Waals surface area contributed by atoms with Gasteiger partial charge in [0, 0.05) is 35.7 Å². The van der Waals surface area contributed by atoms with Gasteiger partial charge in [-0.1, -0.05) is 36.4 Å². The van der Waals surface area contributed by atoms with Crippen molar-refractivity contribution in [3.05, 3.63) is 83.1 Å². The van der Waals surface area contributed by atoms with Crippen LogP contribution in [0.1, 0.15) is 17.1 Å². The van der Waals surface area contributed by atoms with Gasteiger partial charge in [0.05, 0.1) is 7.05 Å². The highest BCUT2D eigenvalue weighted by atomic mass is 16.7. The SMILES string of the molecule is Cc1c(-c2ccccc2)/c(=C\c2ccc3c(c2)OCO3)c2c3nc(C)[n+](C)c3ccn12. The fourth-order valence-electron chi connectivity index (χ4n) is 4.58. The van der Waals surface area contributed by atoms with Crippen molar-refractivity contribution < 1.29 is 14.0 Å². The fourth-order valence-corrected chi connectivity index (χ4v) is 4.58. The second-order valence-electron chi connectivity index (χ2n) is 7.98. The molecule has 0 saturated carbocycles. The summed E-state index contributed by atoms with van der Waals surface area (Å²) in [5.74, 6) is 2.58. The molecule has 5 nitrogen and oxygen atoms in total. The van der Waals surface area contributed by atoms with E-state index in [2.05, 4.69) is 77.7 Å². The molecule has 0 N–H and O–H groups in total. The van der Waals surface area contributed by atoms with Crippen LogP contribution in [0.5, 0.6) is 11.5 Å². The van der Waals surface area contributed by atoms with E-state index in [1.165, 1.54) is 16.8 Å². The molecule has 6 rings (SSSR count). The largest absolute Gasteiger partial charge is 0.454 e. The summed E-state index contributed by atoms with van der Waals surface area (Å²) in [6, 6.07) is 18.8. The highest BCUT2D eigenvalue weighted by molar-refractivity contribution is 5.94. The number of aromatic nitrogens is 3. The molecule has 0 spiro atoms. The second-order valence-corrected chi connectivity index (χ2v) is 7.98. The Balaban J connectivity index is 1.76. The molecule has 0 saturated heterocycles. The lowest BCUT2D eigenvalue weighted by molar-refractivity contribution is -0.651. The van der Waals surface area contributed by atoms with Crippen LogP contribution in [-0.4, -0.2) is 16.2 Å². The highest BCUT2D eigenvalue weighted by Crippen LogP contribution is 2.33. The molecule has 0 atom stereocenters. The van der Waals surface area contributed by atoms with Crippen molar-refractivity contribution in [2.24, 2.45) is 7.05 Å². The molecule has 2 aromatic carbocycles. The molecular formula is C26H22N3O2+. The maximum atomic E-state index is 5.61. The molecule has 5 aromatic rings. The number of rotatable bonds is 2. The predicted octanol–water partition coefficient (Wildman–Crippen LogP) is 3.87. The summed E-state index contributed by atoms with van der Waals surface area (Å²) in [7, 11) is 2.07. The molecule has 0 bridgehead atoms. The van der Waals surface area contributed by atoms with Gasteiger partial charge in [-0.05, 0) is 41.2 Å². The number of imidazole rings is 1. The Morgan fingerprint density at radius 1 is 1.00 bits per heavy atom. The summed E-state index contributed by atoms with van der Waals surface area (Å²) in [5, 5.41) is 1.16. The number of aryl methyl sites for hydroxylation is 3. The molecule has 0 aliphatic carbocycles. The van der Waals surface area contributed by atoms with Crippen LogP contribution in [0.2, 0.25) is 0 Å². The van der Waals surface area contributed by atoms with Crippen LogP contribution in [0.25, 0.3) is 33.8 Å². The Morgan fingerprint density at radius 2 is 1.81 bits per heavy atom. The number of benzene rings is 2. The summed E-state index contributed by atoms with van der Waals surface area (Å²) in [5.41, 5.74) is 7.93. The minimum Gasteiger partial charge on any atom is -0.454 e. The van der Waals surface area contributed by atoms with Crippen LogP contribution in [0.3, 0.4) is 0 Å². The molecular weight excluding hydrogens is 386 g/mol. The molecule has 0 radical (unpaired) electrons. The second kappa shape index (κ2) is 6.57. The molecule has 0 fully saturated rings. The van der Waals surface area contributed by atoms with Gasteiger partial charge in [-0.2, -0.15) is 0 Å². The Bertz CT molecular complexity index is 1530. The number of nitrogens with zero attached hydrogens (tertiary/aromatic N) is 3. The van der Waals surface area contributed by atoms with E-state index in [0.717, 1.165) is 44.7 Å². The number of ether oxygens (including phenoxy) is 2. The zero-order valence-electron chi connectivity index (χ0n) is 17.7. The Labute approximate surface area is 179 Å². The van der Waals surface area contributed by atoms with E-state index in [1.807, 2.05) is 19.1 Å². The predicted molar refractivity (Wildman–Crippen MR) is 120 cm³/mol. The quantitative estimate of drug-likeness (QED) is 0.416. The molecule has 3 aromatic heterocycles. The summed E-state index contributed by atoms with van der Waals surface area (Å²) in [6.07, 6.45) is 4.38. The van der Waals surface area contributed by atoms with Crippen LogP contribution >= 0.6 is 0 Å². The van der Waals surface area contributed by atoms with Gasteiger partial charge >= 0.3 is 0 Å². The molecule has 4 heterocycles. The van der Waals surface area contributed by atoms with Gasteiger partial charge in [0.25, 0.3) is 5.82 Å². The van der Waals surface area contributed by atoms with Crippen LogP contribution in [0, 0.1) is 13.8 Å². The summed E-state index contributed by atoms with van der Waals surface area (Å²) in [4.78, 5) is 4.93. The minimum absolute atomic E-state index is 0.274. The third-order valence-corrected chi connectivity index (χ3v) is 6.23. The summed E-state index contributed by atoms with van der Waals surface area (Å²) in [6.45, 7) is 4.50. The Morgan fingerprint density at radius 3 is 2.65 bits per heavy atom. The van der Waals surface area contributed by atoms with E-state index < -0.39 is 0 Å². The van der Waals surface area contributed by atoms with Gasteiger partial charge < -0.3 is 13.9 Å². The molecule has 31 heavy (non-hydrogen) atoms. The average Bonchev–Trinajstić information content (AvgIpc) is 3.44. The lowest BCUT2D eigenvalue weighted by Crippen LogP contribution is -2.29. The summed E-state index contributed by atoms with van der Waals surface area (Å²) < 4.78 is 15.5. The molecule has 152 valence electrons. The maximum Gasteiger partial charge on any atom is 0.296 e. The first-order valence-electron chi connectivity index (χ1n) is 10.4. The van der Waals surface area contributed by atoms with E-state index in [4.69, 9.17) is 14.5 Å². The van der Waals surface area contributed by atoms with Gasteiger partial charge in [0.1, 0.15) is 5.52 Å². The van der Waals surface area contributed by atoms with E-state index >= 15 is 0 Å². The molecule has 5 heteroatoms. The zero-order chi connectivity index (χ0) is 21.1. The monoisotopic (exact) mass is 408 g/mol. The van der Waals surface area contributed by atoms with Crippen LogP contribution in [0.4, 0.5) is 0 Å². The number of pyridine rings is 1. The van der Waals surface area contributed by atoms with Gasteiger partial charge in [0.15, 0.2) is 17.0 Å². The Kier molecular flexibility index (Phi) is 3.81. The van der Waals surface area contributed by atoms with E-state index in [0.29, 0.717) is 0 Å². The first-order chi connectivity index (χ1) is 15.1. The summed E-state index contributed by atoms with van der Waals surface area (Å²) >= 11 is 0. The lowest BCUT2D eigenvalue weighted by Gasteiger charge is -2.02. The van der Waals surface area contributed by atoms with Crippen molar-refractivity contribution in [3.63, 3.8) is 0 Å². The number of fused-ring (bicyclic) bond motifs is 4.